The number of nitrogens with one attached hydrogen (secondary N) is 1. The molecule has 0 spiro atoms. The van der Waals surface area contributed by atoms with Gasteiger partial charge < -0.3 is 14.6 Å². The predicted molar refractivity (Wildman–Crippen MR) is 93.5 cm³/mol. The van der Waals surface area contributed by atoms with Gasteiger partial charge in [-0.05, 0) is 12.1 Å². The molecule has 3 aromatic rings. The van der Waals surface area contributed by atoms with E-state index in [1.54, 1.807) is 23.7 Å². The summed E-state index contributed by atoms with van der Waals surface area (Å²) < 4.78 is 34.5. The molecule has 0 aliphatic carbocycles. The van der Waals surface area contributed by atoms with Crippen LogP contribution in [-0.4, -0.2) is 16.4 Å². The number of aryl methyl sites for hydroxylation is 1. The maximum absolute atomic E-state index is 14.1. The SMILES string of the molecule is CC(=O)Oc1cc(Cl)c(NC(=O)c2cn(C)c3cccc(F)c23)cc1F. The van der Waals surface area contributed by atoms with E-state index in [0.29, 0.717) is 5.52 Å². The number of carbonyl (C=O) groups is 2. The number of amides is 1. The van der Waals surface area contributed by atoms with E-state index in [4.69, 9.17) is 11.6 Å². The molecule has 8 heteroatoms. The molecule has 0 saturated carbocycles. The van der Waals surface area contributed by atoms with Gasteiger partial charge in [-0.2, -0.15) is 0 Å². The standard InChI is InChI=1S/C18H13ClF2N2O3/c1-9(24)26-16-6-11(19)14(7-13(16)21)22-18(25)10-8-23(2)15-5-3-4-12(20)17(10)15/h3-8H,1-2H3,(H,22,25). The largest absolute Gasteiger partial charge is 0.424 e. The molecule has 134 valence electrons. The number of fused-ring (bicyclic) bond motifs is 1. The number of aromatic nitrogens is 1. The van der Waals surface area contributed by atoms with Crippen LogP contribution in [0.3, 0.4) is 0 Å². The zero-order chi connectivity index (χ0) is 19.0. The Morgan fingerprint density at radius 3 is 2.62 bits per heavy atom. The minimum Gasteiger partial charge on any atom is -0.424 e. The highest BCUT2D eigenvalue weighted by Crippen LogP contribution is 2.31. The summed E-state index contributed by atoms with van der Waals surface area (Å²) in [5, 5.41) is 2.57. The molecule has 1 aromatic heterocycles. The molecule has 3 rings (SSSR count). The number of halogens is 3. The Morgan fingerprint density at radius 1 is 1.19 bits per heavy atom. The van der Waals surface area contributed by atoms with Crippen molar-refractivity contribution in [3.05, 3.63) is 58.7 Å². The molecule has 0 saturated heterocycles. The first kappa shape index (κ1) is 17.9. The van der Waals surface area contributed by atoms with Gasteiger partial charge in [0.1, 0.15) is 5.82 Å². The van der Waals surface area contributed by atoms with Crippen molar-refractivity contribution in [3.63, 3.8) is 0 Å². The van der Waals surface area contributed by atoms with Crippen molar-refractivity contribution in [3.8, 4) is 5.75 Å². The highest BCUT2D eigenvalue weighted by Gasteiger charge is 2.19. The molecule has 1 amide bonds. The van der Waals surface area contributed by atoms with Gasteiger partial charge in [0.15, 0.2) is 11.6 Å². The molecular weight excluding hydrogens is 366 g/mol. The molecular formula is C18H13ClF2N2O3. The number of esters is 1. The van der Waals surface area contributed by atoms with Gasteiger partial charge >= 0.3 is 5.97 Å². The maximum Gasteiger partial charge on any atom is 0.308 e. The van der Waals surface area contributed by atoms with Crippen LogP contribution in [0.4, 0.5) is 14.5 Å². The lowest BCUT2D eigenvalue weighted by Gasteiger charge is -2.10. The molecule has 0 radical (unpaired) electrons. The number of nitrogens with zero attached hydrogens (tertiary/aromatic N) is 1. The van der Waals surface area contributed by atoms with Gasteiger partial charge in [-0.15, -0.1) is 0 Å². The topological polar surface area (TPSA) is 60.3 Å². The molecule has 0 atom stereocenters. The minimum absolute atomic E-state index is 0.0292. The zero-order valence-electron chi connectivity index (χ0n) is 13.8. The number of carbonyl (C=O) groups excluding carboxylic acids is 2. The van der Waals surface area contributed by atoms with E-state index in [-0.39, 0.29) is 27.4 Å². The number of anilines is 1. The van der Waals surface area contributed by atoms with Gasteiger partial charge in [0, 0.05) is 37.7 Å². The summed E-state index contributed by atoms with van der Waals surface area (Å²) in [4.78, 5) is 23.5. The first-order chi connectivity index (χ1) is 12.3. The molecule has 2 aromatic carbocycles. The van der Waals surface area contributed by atoms with E-state index < -0.39 is 23.5 Å². The zero-order valence-corrected chi connectivity index (χ0v) is 14.5. The van der Waals surface area contributed by atoms with Crippen molar-refractivity contribution in [1.82, 2.24) is 4.57 Å². The Bertz CT molecular complexity index is 1050. The molecule has 5 nitrogen and oxygen atoms in total. The maximum atomic E-state index is 14.1. The van der Waals surface area contributed by atoms with Crippen molar-refractivity contribution >= 4 is 40.1 Å². The summed E-state index contributed by atoms with van der Waals surface area (Å²) in [5.74, 6) is -3.12. The predicted octanol–water partition coefficient (Wildman–Crippen LogP) is 4.29. The van der Waals surface area contributed by atoms with E-state index in [1.165, 1.54) is 12.3 Å². The highest BCUT2D eigenvalue weighted by atomic mass is 35.5. The lowest BCUT2D eigenvalue weighted by Crippen LogP contribution is -2.13. The summed E-state index contributed by atoms with van der Waals surface area (Å²) >= 11 is 6.02. The molecule has 0 unspecified atom stereocenters. The van der Waals surface area contributed by atoms with Crippen LogP contribution >= 0.6 is 11.6 Å². The van der Waals surface area contributed by atoms with Crippen LogP contribution in [0.5, 0.6) is 5.75 Å². The average molecular weight is 379 g/mol. The molecule has 0 aliphatic heterocycles. The Labute approximate surface area is 152 Å². The first-order valence-corrected chi connectivity index (χ1v) is 7.88. The van der Waals surface area contributed by atoms with Gasteiger partial charge in [0.2, 0.25) is 0 Å². The third-order valence-corrected chi connectivity index (χ3v) is 4.04. The Hall–Kier alpha value is -2.93. The van der Waals surface area contributed by atoms with Gasteiger partial charge in [-0.25, -0.2) is 8.78 Å². The molecule has 0 aliphatic rings. The average Bonchev–Trinajstić information content (AvgIpc) is 2.90. The van der Waals surface area contributed by atoms with Crippen LogP contribution in [0.1, 0.15) is 17.3 Å². The highest BCUT2D eigenvalue weighted by molar-refractivity contribution is 6.34. The van der Waals surface area contributed by atoms with Crippen molar-refractivity contribution in [2.24, 2.45) is 7.05 Å². The van der Waals surface area contributed by atoms with Crippen LogP contribution in [0.2, 0.25) is 5.02 Å². The van der Waals surface area contributed by atoms with Crippen molar-refractivity contribution < 1.29 is 23.1 Å². The van der Waals surface area contributed by atoms with Crippen LogP contribution in [-0.2, 0) is 11.8 Å². The van der Waals surface area contributed by atoms with E-state index in [9.17, 15) is 18.4 Å². The first-order valence-electron chi connectivity index (χ1n) is 7.50. The fraction of sp³-hybridized carbons (Fsp3) is 0.111. The second-order valence-electron chi connectivity index (χ2n) is 5.60. The number of hydrogen-bond donors (Lipinski definition) is 1. The van der Waals surface area contributed by atoms with Crippen LogP contribution in [0.25, 0.3) is 10.9 Å². The monoisotopic (exact) mass is 378 g/mol. The molecule has 1 heterocycles. The van der Waals surface area contributed by atoms with Gasteiger partial charge in [0.05, 0.1) is 21.8 Å². The summed E-state index contributed by atoms with van der Waals surface area (Å²) in [6.45, 7) is 1.12. The second kappa shape index (κ2) is 6.76. The van der Waals surface area contributed by atoms with Gasteiger partial charge in [-0.1, -0.05) is 17.7 Å². The fourth-order valence-corrected chi connectivity index (χ4v) is 2.82. The second-order valence-corrected chi connectivity index (χ2v) is 6.01. The Balaban J connectivity index is 1.96. The third-order valence-electron chi connectivity index (χ3n) is 3.73. The summed E-state index contributed by atoms with van der Waals surface area (Å²) in [6, 6.07) is 6.48. The van der Waals surface area contributed by atoms with E-state index >= 15 is 0 Å². The Morgan fingerprint density at radius 2 is 1.92 bits per heavy atom. The van der Waals surface area contributed by atoms with E-state index in [2.05, 4.69) is 10.1 Å². The number of benzene rings is 2. The van der Waals surface area contributed by atoms with Crippen molar-refractivity contribution in [1.29, 1.82) is 0 Å². The third kappa shape index (κ3) is 3.25. The number of hydrogen-bond acceptors (Lipinski definition) is 3. The van der Waals surface area contributed by atoms with Gasteiger partial charge in [-0.3, -0.25) is 9.59 Å². The fourth-order valence-electron chi connectivity index (χ4n) is 2.62. The molecule has 1 N–H and O–H groups in total. The van der Waals surface area contributed by atoms with Crippen molar-refractivity contribution in [2.75, 3.05) is 5.32 Å². The van der Waals surface area contributed by atoms with E-state index in [0.717, 1.165) is 19.1 Å². The lowest BCUT2D eigenvalue weighted by molar-refractivity contribution is -0.132. The summed E-state index contributed by atoms with van der Waals surface area (Å²) in [7, 11) is 1.68. The molecule has 26 heavy (non-hydrogen) atoms. The van der Waals surface area contributed by atoms with Gasteiger partial charge in [0.25, 0.3) is 5.91 Å². The number of ether oxygens (including phenoxy) is 1. The normalized spacial score (nSPS) is 10.8. The quantitative estimate of drug-likeness (QED) is 0.546. The molecule has 0 bridgehead atoms. The van der Waals surface area contributed by atoms with Crippen LogP contribution in [0, 0.1) is 11.6 Å². The van der Waals surface area contributed by atoms with E-state index in [1.807, 2.05) is 0 Å². The number of rotatable bonds is 3. The Kier molecular flexibility index (Phi) is 4.65. The lowest BCUT2D eigenvalue weighted by atomic mass is 10.1. The molecule has 0 fully saturated rings. The van der Waals surface area contributed by atoms with Crippen molar-refractivity contribution in [2.45, 2.75) is 6.92 Å². The summed E-state index contributed by atoms with van der Waals surface area (Å²) in [5.41, 5.74) is 0.595. The van der Waals surface area contributed by atoms with Crippen LogP contribution in [0.15, 0.2) is 36.5 Å². The van der Waals surface area contributed by atoms with Crippen LogP contribution < -0.4 is 10.1 Å². The smallest absolute Gasteiger partial charge is 0.308 e. The summed E-state index contributed by atoms with van der Waals surface area (Å²) in [6.07, 6.45) is 1.47. The minimum atomic E-state index is -0.871.